The van der Waals surface area contributed by atoms with Crippen LogP contribution in [0.3, 0.4) is 0 Å². The first-order valence-electron chi connectivity index (χ1n) is 9.63. The molecular weight excluding hydrogens is 388 g/mol. The second kappa shape index (κ2) is 9.67. The maximum absolute atomic E-state index is 12.6. The number of carbonyl (C=O) groups excluding carboxylic acids is 1. The Morgan fingerprint density at radius 3 is 2.72 bits per heavy atom. The van der Waals surface area contributed by atoms with E-state index in [4.69, 9.17) is 16.0 Å². The van der Waals surface area contributed by atoms with Crippen molar-refractivity contribution in [3.8, 4) is 11.5 Å². The third-order valence-corrected chi connectivity index (χ3v) is 4.83. The topological polar surface area (TPSA) is 71.3 Å². The molecule has 1 N–H and O–H groups in total. The summed E-state index contributed by atoms with van der Waals surface area (Å²) in [4.78, 5) is 14.6. The summed E-state index contributed by atoms with van der Waals surface area (Å²) < 4.78 is 5.78. The number of benzene rings is 2. The Labute approximate surface area is 175 Å². The van der Waals surface area contributed by atoms with Gasteiger partial charge in [0, 0.05) is 5.69 Å². The Morgan fingerprint density at radius 1 is 1.17 bits per heavy atom. The molecule has 0 aliphatic rings. The number of halogens is 1. The average Bonchev–Trinajstić information content (AvgIpc) is 3.13. The lowest BCUT2D eigenvalue weighted by molar-refractivity contribution is -0.117. The number of anilines is 1. The highest BCUT2D eigenvalue weighted by atomic mass is 35.5. The highest BCUT2D eigenvalue weighted by molar-refractivity contribution is 6.33. The summed E-state index contributed by atoms with van der Waals surface area (Å²) in [5.74, 6) is 0.757. The number of aromatic nitrogens is 2. The molecule has 29 heavy (non-hydrogen) atoms. The first-order valence-corrected chi connectivity index (χ1v) is 10.0. The molecule has 1 amide bonds. The Morgan fingerprint density at radius 2 is 1.97 bits per heavy atom. The number of hydrogen-bond acceptors (Lipinski definition) is 5. The van der Waals surface area contributed by atoms with Crippen LogP contribution >= 0.6 is 11.6 Å². The van der Waals surface area contributed by atoms with Gasteiger partial charge in [-0.25, -0.2) is 0 Å². The number of hydrogen-bond donors (Lipinski definition) is 1. The van der Waals surface area contributed by atoms with Gasteiger partial charge in [-0.2, -0.15) is 0 Å². The van der Waals surface area contributed by atoms with Crippen molar-refractivity contribution in [1.29, 1.82) is 0 Å². The van der Waals surface area contributed by atoms with Crippen LogP contribution in [0.25, 0.3) is 11.5 Å². The van der Waals surface area contributed by atoms with Gasteiger partial charge in [0.05, 0.1) is 23.7 Å². The fourth-order valence-electron chi connectivity index (χ4n) is 3.05. The van der Waals surface area contributed by atoms with E-state index in [0.717, 1.165) is 29.8 Å². The van der Waals surface area contributed by atoms with E-state index in [9.17, 15) is 4.79 Å². The largest absolute Gasteiger partial charge is 0.419 e. The highest BCUT2D eigenvalue weighted by Crippen LogP contribution is 2.26. The van der Waals surface area contributed by atoms with Crippen LogP contribution in [-0.4, -0.2) is 34.1 Å². The molecule has 7 heteroatoms. The molecule has 2 aromatic carbocycles. The van der Waals surface area contributed by atoms with Gasteiger partial charge in [-0.15, -0.1) is 10.2 Å². The molecule has 1 aromatic heterocycles. The quantitative estimate of drug-likeness (QED) is 0.572. The summed E-state index contributed by atoms with van der Waals surface area (Å²) in [5.41, 5.74) is 3.68. The summed E-state index contributed by atoms with van der Waals surface area (Å²) in [6.07, 6.45) is 0.905. The molecule has 0 spiro atoms. The lowest BCUT2D eigenvalue weighted by Crippen LogP contribution is -2.33. The van der Waals surface area contributed by atoms with Crippen molar-refractivity contribution in [1.82, 2.24) is 15.1 Å². The molecule has 0 saturated carbocycles. The van der Waals surface area contributed by atoms with E-state index in [0.29, 0.717) is 28.9 Å². The molecule has 6 nitrogen and oxygen atoms in total. The number of aryl methyl sites for hydroxylation is 2. The van der Waals surface area contributed by atoms with Crippen molar-refractivity contribution in [3.05, 3.63) is 64.5 Å². The summed E-state index contributed by atoms with van der Waals surface area (Å²) >= 11 is 6.20. The van der Waals surface area contributed by atoms with Gasteiger partial charge in [0.15, 0.2) is 0 Å². The Hall–Kier alpha value is -2.70. The fourth-order valence-corrected chi connectivity index (χ4v) is 3.26. The standard InChI is InChI=1S/C22H25ClN4O2/c1-4-11-27(13-20(28)24-19-12-15(2)9-10-16(19)3)14-21-25-26-22(29-21)17-7-5-6-8-18(17)23/h5-10,12H,4,11,13-14H2,1-3H3,(H,24,28). The van der Waals surface area contributed by atoms with Crippen molar-refractivity contribution in [2.24, 2.45) is 0 Å². The maximum atomic E-state index is 12.6. The molecule has 0 atom stereocenters. The minimum Gasteiger partial charge on any atom is -0.419 e. The molecule has 0 unspecified atom stereocenters. The Kier molecular flexibility index (Phi) is 7.01. The lowest BCUT2D eigenvalue weighted by atomic mass is 10.1. The normalized spacial score (nSPS) is 11.1. The van der Waals surface area contributed by atoms with Crippen molar-refractivity contribution >= 4 is 23.2 Å². The predicted molar refractivity (Wildman–Crippen MR) is 115 cm³/mol. The third kappa shape index (κ3) is 5.65. The third-order valence-electron chi connectivity index (χ3n) is 4.50. The van der Waals surface area contributed by atoms with Gasteiger partial charge in [0.25, 0.3) is 0 Å². The summed E-state index contributed by atoms with van der Waals surface area (Å²) in [7, 11) is 0. The summed E-state index contributed by atoms with van der Waals surface area (Å²) in [6.45, 7) is 7.43. The number of rotatable bonds is 8. The predicted octanol–water partition coefficient (Wildman–Crippen LogP) is 4.86. The molecule has 0 aliphatic heterocycles. The smallest absolute Gasteiger partial charge is 0.249 e. The van der Waals surface area contributed by atoms with Crippen molar-refractivity contribution in [2.45, 2.75) is 33.7 Å². The average molecular weight is 413 g/mol. The summed E-state index contributed by atoms with van der Waals surface area (Å²) in [6, 6.07) is 13.3. The van der Waals surface area contributed by atoms with Crippen LogP contribution in [0.15, 0.2) is 46.9 Å². The van der Waals surface area contributed by atoms with Crippen LogP contribution in [-0.2, 0) is 11.3 Å². The molecule has 3 aromatic rings. The van der Waals surface area contributed by atoms with Gasteiger partial charge in [-0.05, 0) is 56.1 Å². The summed E-state index contributed by atoms with van der Waals surface area (Å²) in [5, 5.41) is 11.8. The Bertz CT molecular complexity index is 986. The SMILES string of the molecule is CCCN(CC(=O)Nc1cc(C)ccc1C)Cc1nnc(-c2ccccc2Cl)o1. The first kappa shape index (κ1) is 21.0. The van der Waals surface area contributed by atoms with Gasteiger partial charge < -0.3 is 9.73 Å². The number of carbonyl (C=O) groups is 1. The molecule has 0 fully saturated rings. The molecule has 0 saturated heterocycles. The zero-order valence-electron chi connectivity index (χ0n) is 16.9. The number of nitrogens with one attached hydrogen (secondary N) is 1. The van der Waals surface area contributed by atoms with Gasteiger partial charge >= 0.3 is 0 Å². The zero-order chi connectivity index (χ0) is 20.8. The second-order valence-corrected chi connectivity index (χ2v) is 7.47. The van der Waals surface area contributed by atoms with E-state index in [1.165, 1.54) is 0 Å². The minimum atomic E-state index is -0.0713. The van der Waals surface area contributed by atoms with Gasteiger partial charge in [-0.3, -0.25) is 9.69 Å². The van der Waals surface area contributed by atoms with E-state index in [-0.39, 0.29) is 12.5 Å². The highest BCUT2D eigenvalue weighted by Gasteiger charge is 2.17. The second-order valence-electron chi connectivity index (χ2n) is 7.06. The van der Waals surface area contributed by atoms with Gasteiger partial charge in [0.2, 0.25) is 17.7 Å². The molecule has 1 heterocycles. The molecular formula is C22H25ClN4O2. The lowest BCUT2D eigenvalue weighted by Gasteiger charge is -2.19. The van der Waals surface area contributed by atoms with Crippen LogP contribution in [0.5, 0.6) is 0 Å². The van der Waals surface area contributed by atoms with Crippen LogP contribution in [0.2, 0.25) is 5.02 Å². The van der Waals surface area contributed by atoms with Crippen LogP contribution in [0.1, 0.15) is 30.4 Å². The van der Waals surface area contributed by atoms with Crippen molar-refractivity contribution < 1.29 is 9.21 Å². The number of nitrogens with zero attached hydrogens (tertiary/aromatic N) is 3. The minimum absolute atomic E-state index is 0.0713. The molecule has 0 aliphatic carbocycles. The van der Waals surface area contributed by atoms with E-state index >= 15 is 0 Å². The van der Waals surface area contributed by atoms with Gasteiger partial charge in [-0.1, -0.05) is 42.8 Å². The maximum Gasteiger partial charge on any atom is 0.249 e. The number of amides is 1. The van der Waals surface area contributed by atoms with Gasteiger partial charge in [0.1, 0.15) is 0 Å². The fraction of sp³-hybridized carbons (Fsp3) is 0.318. The molecule has 0 bridgehead atoms. The Balaban J connectivity index is 1.66. The van der Waals surface area contributed by atoms with E-state index in [2.05, 4.69) is 22.4 Å². The van der Waals surface area contributed by atoms with Crippen molar-refractivity contribution in [2.75, 3.05) is 18.4 Å². The van der Waals surface area contributed by atoms with E-state index in [1.807, 2.05) is 55.1 Å². The van der Waals surface area contributed by atoms with Crippen LogP contribution < -0.4 is 5.32 Å². The van der Waals surface area contributed by atoms with Crippen LogP contribution in [0, 0.1) is 13.8 Å². The molecule has 0 radical (unpaired) electrons. The zero-order valence-corrected chi connectivity index (χ0v) is 17.7. The van der Waals surface area contributed by atoms with Crippen LogP contribution in [0.4, 0.5) is 5.69 Å². The van der Waals surface area contributed by atoms with E-state index < -0.39 is 0 Å². The molecule has 3 rings (SSSR count). The van der Waals surface area contributed by atoms with E-state index in [1.54, 1.807) is 6.07 Å². The van der Waals surface area contributed by atoms with Crippen molar-refractivity contribution in [3.63, 3.8) is 0 Å². The molecule has 152 valence electrons. The monoisotopic (exact) mass is 412 g/mol. The first-order chi connectivity index (χ1) is 14.0.